The molecule has 0 atom stereocenters. The van der Waals surface area contributed by atoms with Crippen LogP contribution in [0.4, 0.5) is 28.4 Å². The number of ether oxygens (including phenoxy) is 2. The highest BCUT2D eigenvalue weighted by Crippen LogP contribution is 2.51. The van der Waals surface area contributed by atoms with E-state index in [0.717, 1.165) is 44.5 Å². The predicted molar refractivity (Wildman–Crippen MR) is 233 cm³/mol. The summed E-state index contributed by atoms with van der Waals surface area (Å²) in [5.41, 5.74) is 13.6. The zero-order chi connectivity index (χ0) is 39.5. The molecule has 0 aliphatic rings. The Hall–Kier alpha value is -7.09. The molecular weight excluding hydrogens is 730 g/mol. The molecule has 0 unspecified atom stereocenters. The Bertz CT molecular complexity index is 2670. The summed E-state index contributed by atoms with van der Waals surface area (Å²) in [6, 6.07) is 56.0. The maximum Gasteiger partial charge on any atom is 0.183 e. The third kappa shape index (κ3) is 7.61. The Labute approximate surface area is 337 Å². The van der Waals surface area contributed by atoms with Crippen molar-refractivity contribution in [1.29, 1.82) is 0 Å². The number of anilines is 5. The van der Waals surface area contributed by atoms with Crippen molar-refractivity contribution in [2.45, 2.75) is 13.5 Å². The van der Waals surface area contributed by atoms with Crippen molar-refractivity contribution in [2.75, 3.05) is 22.6 Å². The van der Waals surface area contributed by atoms with Crippen molar-refractivity contribution in [2.24, 2.45) is 0 Å². The van der Waals surface area contributed by atoms with Gasteiger partial charge in [-0.15, -0.1) is 0 Å². The van der Waals surface area contributed by atoms with Gasteiger partial charge in [0.1, 0.15) is 22.2 Å². The lowest BCUT2D eigenvalue weighted by molar-refractivity contribution is 0.394. The molecular formula is C49H40ClN3O4. The van der Waals surface area contributed by atoms with Gasteiger partial charge in [-0.1, -0.05) is 121 Å². The number of hydrogen-bond donors (Lipinski definition) is 3. The number of phenols is 2. The molecule has 57 heavy (non-hydrogen) atoms. The molecule has 0 radical (unpaired) electrons. The van der Waals surface area contributed by atoms with Crippen LogP contribution in [-0.2, 0) is 6.54 Å². The molecule has 8 aromatic carbocycles. The van der Waals surface area contributed by atoms with Gasteiger partial charge in [0.2, 0.25) is 0 Å². The van der Waals surface area contributed by atoms with Crippen LogP contribution in [-0.4, -0.2) is 17.3 Å². The van der Waals surface area contributed by atoms with Crippen LogP contribution in [0.2, 0.25) is 5.02 Å². The maximum absolute atomic E-state index is 10.9. The van der Waals surface area contributed by atoms with Gasteiger partial charge >= 0.3 is 0 Å². The van der Waals surface area contributed by atoms with E-state index in [2.05, 4.69) is 59.5 Å². The first-order chi connectivity index (χ1) is 27.7. The van der Waals surface area contributed by atoms with Crippen LogP contribution in [0.25, 0.3) is 21.9 Å². The first kappa shape index (κ1) is 36.9. The number of aromatic hydroxyl groups is 2. The summed E-state index contributed by atoms with van der Waals surface area (Å²) in [7, 11) is 1.80. The molecule has 0 aliphatic heterocycles. The van der Waals surface area contributed by atoms with Crippen molar-refractivity contribution in [3.63, 3.8) is 0 Å². The zero-order valence-electron chi connectivity index (χ0n) is 31.4. The van der Waals surface area contributed by atoms with E-state index in [1.54, 1.807) is 18.9 Å². The predicted octanol–water partition coefficient (Wildman–Crippen LogP) is 13.2. The average molecular weight is 770 g/mol. The number of nitrogens with two attached hydrogens (primary N) is 1. The second kappa shape index (κ2) is 15.9. The second-order valence-electron chi connectivity index (χ2n) is 13.8. The number of phenolic OH excluding ortho intramolecular Hbond substituents is 2. The Kier molecular flexibility index (Phi) is 10.3. The highest BCUT2D eigenvalue weighted by molar-refractivity contribution is 6.35. The minimum absolute atomic E-state index is 0.202. The second-order valence-corrected chi connectivity index (χ2v) is 14.2. The SMILES string of the molecule is Cc1c(O)c(O)c(N(C)Cc2ccccc2)c(Cl)c1Oc1ccc(-c2ccc(Oc3cc(N(c4ccccc4)c4cccc5ccccc45)ccc3N)cc2)cc1. The van der Waals surface area contributed by atoms with Gasteiger partial charge in [0.15, 0.2) is 23.0 Å². The zero-order valence-corrected chi connectivity index (χ0v) is 32.2. The maximum atomic E-state index is 10.9. The standard InChI is InChI=1S/C49H40ClN3O4/c1-32-47(54)48(55)46(52(2)31-33-12-5-3-6-13-33)45(50)49(32)57-40-27-22-35(23-28-40)34-20-25-39(26-21-34)56-44-30-38(24-29-42(44)51)53(37-16-7-4-8-17-37)43-19-11-15-36-14-9-10-18-41(36)43/h3-30,54-55H,31,51H2,1-2H3. The first-order valence-corrected chi connectivity index (χ1v) is 18.9. The molecule has 0 saturated carbocycles. The minimum Gasteiger partial charge on any atom is -0.504 e. The van der Waals surface area contributed by atoms with Crippen molar-refractivity contribution < 1.29 is 19.7 Å². The molecule has 8 aromatic rings. The Balaban J connectivity index is 1.01. The topological polar surface area (TPSA) is 91.4 Å². The van der Waals surface area contributed by atoms with E-state index in [1.807, 2.05) is 115 Å². The number of fused-ring (bicyclic) bond motifs is 1. The van der Waals surface area contributed by atoms with E-state index in [1.165, 1.54) is 0 Å². The smallest absolute Gasteiger partial charge is 0.183 e. The number of para-hydroxylation sites is 1. The highest BCUT2D eigenvalue weighted by Gasteiger charge is 2.25. The van der Waals surface area contributed by atoms with E-state index in [9.17, 15) is 10.2 Å². The normalized spacial score (nSPS) is 11.0. The average Bonchev–Trinajstić information content (AvgIpc) is 3.24. The van der Waals surface area contributed by atoms with Crippen molar-refractivity contribution in [3.8, 4) is 45.6 Å². The summed E-state index contributed by atoms with van der Waals surface area (Å²) in [5.74, 6) is 1.40. The van der Waals surface area contributed by atoms with Crippen LogP contribution >= 0.6 is 11.6 Å². The molecule has 282 valence electrons. The van der Waals surface area contributed by atoms with E-state index < -0.39 is 0 Å². The van der Waals surface area contributed by atoms with Gasteiger partial charge in [0.05, 0.1) is 17.1 Å². The van der Waals surface area contributed by atoms with Gasteiger partial charge < -0.3 is 35.2 Å². The quantitative estimate of drug-likeness (QED) is 0.0891. The Morgan fingerprint density at radius 3 is 1.89 bits per heavy atom. The Morgan fingerprint density at radius 2 is 1.21 bits per heavy atom. The van der Waals surface area contributed by atoms with Crippen molar-refractivity contribution in [1.82, 2.24) is 0 Å². The third-order valence-corrected chi connectivity index (χ3v) is 10.3. The van der Waals surface area contributed by atoms with Crippen molar-refractivity contribution in [3.05, 3.63) is 186 Å². The van der Waals surface area contributed by atoms with Crippen LogP contribution < -0.4 is 25.0 Å². The van der Waals surface area contributed by atoms with Gasteiger partial charge in [-0.2, -0.15) is 0 Å². The Morgan fingerprint density at radius 1 is 0.614 bits per heavy atom. The fraction of sp³-hybridized carbons (Fsp3) is 0.0612. The molecule has 0 saturated heterocycles. The van der Waals surface area contributed by atoms with Gasteiger partial charge in [-0.05, 0) is 83.6 Å². The lowest BCUT2D eigenvalue weighted by atomic mass is 10.1. The molecule has 0 spiro atoms. The van der Waals surface area contributed by atoms with Gasteiger partial charge in [-0.3, -0.25) is 0 Å². The van der Waals surface area contributed by atoms with Gasteiger partial charge in [0, 0.05) is 36.3 Å². The van der Waals surface area contributed by atoms with Gasteiger partial charge in [-0.25, -0.2) is 0 Å². The van der Waals surface area contributed by atoms with Crippen LogP contribution in [0.3, 0.4) is 0 Å². The van der Waals surface area contributed by atoms with E-state index in [4.69, 9.17) is 26.8 Å². The van der Waals surface area contributed by atoms with E-state index >= 15 is 0 Å². The molecule has 0 bridgehead atoms. The summed E-state index contributed by atoms with van der Waals surface area (Å²) < 4.78 is 12.7. The molecule has 0 fully saturated rings. The summed E-state index contributed by atoms with van der Waals surface area (Å²) in [5, 5.41) is 24.2. The largest absolute Gasteiger partial charge is 0.504 e. The molecule has 4 N–H and O–H groups in total. The minimum atomic E-state index is -0.295. The number of halogens is 1. The lowest BCUT2D eigenvalue weighted by Crippen LogP contribution is -2.17. The molecule has 7 nitrogen and oxygen atoms in total. The summed E-state index contributed by atoms with van der Waals surface area (Å²) in [6.07, 6.45) is 0. The van der Waals surface area contributed by atoms with Crippen molar-refractivity contribution >= 4 is 50.8 Å². The molecule has 0 heterocycles. The molecule has 8 rings (SSSR count). The van der Waals surface area contributed by atoms with Crippen LogP contribution in [0, 0.1) is 6.92 Å². The number of nitrogen functional groups attached to an aromatic ring is 1. The molecule has 0 aliphatic carbocycles. The number of nitrogens with zero attached hydrogens (tertiary/aromatic N) is 2. The molecule has 8 heteroatoms. The third-order valence-electron chi connectivity index (χ3n) is 9.96. The summed E-state index contributed by atoms with van der Waals surface area (Å²) in [6.45, 7) is 2.12. The van der Waals surface area contributed by atoms with E-state index in [0.29, 0.717) is 35.0 Å². The van der Waals surface area contributed by atoms with Crippen LogP contribution in [0.5, 0.6) is 34.5 Å². The summed E-state index contributed by atoms with van der Waals surface area (Å²) >= 11 is 6.85. The number of hydrogen-bond acceptors (Lipinski definition) is 7. The van der Waals surface area contributed by atoms with Crippen LogP contribution in [0.1, 0.15) is 11.1 Å². The van der Waals surface area contributed by atoms with Gasteiger partial charge in [0.25, 0.3) is 0 Å². The fourth-order valence-corrected chi connectivity index (χ4v) is 7.43. The van der Waals surface area contributed by atoms with Crippen LogP contribution in [0.15, 0.2) is 170 Å². The lowest BCUT2D eigenvalue weighted by Gasteiger charge is -2.27. The summed E-state index contributed by atoms with van der Waals surface area (Å²) in [4.78, 5) is 4.00. The monoisotopic (exact) mass is 769 g/mol. The fourth-order valence-electron chi connectivity index (χ4n) is 7.01. The number of benzene rings is 8. The molecule has 0 amide bonds. The first-order valence-electron chi connectivity index (χ1n) is 18.5. The molecule has 0 aromatic heterocycles. The number of rotatable bonds is 11. The highest BCUT2D eigenvalue weighted by atomic mass is 35.5. The van der Waals surface area contributed by atoms with E-state index in [-0.39, 0.29) is 28.0 Å².